The van der Waals surface area contributed by atoms with Gasteiger partial charge in [0.15, 0.2) is 0 Å². The first-order valence-electron chi connectivity index (χ1n) is 9.82. The topological polar surface area (TPSA) is 144 Å². The maximum atomic E-state index is 11.8. The molecule has 10 nitrogen and oxygen atoms in total. The molecule has 3 fully saturated rings. The van der Waals surface area contributed by atoms with Crippen LogP contribution in [0, 0.1) is 17.8 Å². The minimum Gasteiger partial charge on any atom is -0.480 e. The van der Waals surface area contributed by atoms with Crippen molar-refractivity contribution < 1.29 is 19.8 Å². The normalized spacial score (nSPS) is 36.1. The number of carbonyl (C=O) groups is 2. The number of aliphatic carboxylic acids is 2. The molecule has 0 unspecified atom stereocenters. The SMILES string of the molecule is O=C(O)[C@@H]1C[C@H]2C[C@@H](CN3C[C@H](Sc4nn[nH]n4)C[C@H]3C(=O)O)CC[C@H]2CN1. The van der Waals surface area contributed by atoms with Crippen molar-refractivity contribution in [3.63, 3.8) is 0 Å². The zero-order chi connectivity index (χ0) is 19.7. The first kappa shape index (κ1) is 19.6. The monoisotopic (exact) mass is 410 g/mol. The minimum absolute atomic E-state index is 0.130. The Hall–Kier alpha value is -1.72. The van der Waals surface area contributed by atoms with Gasteiger partial charge in [-0.05, 0) is 61.6 Å². The summed E-state index contributed by atoms with van der Waals surface area (Å²) >= 11 is 1.47. The number of carboxylic acid groups (broad SMARTS) is 2. The van der Waals surface area contributed by atoms with E-state index >= 15 is 0 Å². The average Bonchev–Trinajstić information content (AvgIpc) is 3.31. The molecule has 11 heteroatoms. The van der Waals surface area contributed by atoms with Gasteiger partial charge in [-0.15, -0.1) is 10.2 Å². The first-order chi connectivity index (χ1) is 13.5. The Morgan fingerprint density at radius 2 is 2.00 bits per heavy atom. The lowest BCUT2D eigenvalue weighted by Gasteiger charge is -2.42. The molecule has 2 saturated heterocycles. The largest absolute Gasteiger partial charge is 0.480 e. The summed E-state index contributed by atoms with van der Waals surface area (Å²) in [5, 5.41) is 36.7. The lowest BCUT2D eigenvalue weighted by Crippen LogP contribution is -2.50. The van der Waals surface area contributed by atoms with E-state index in [1.807, 2.05) is 0 Å². The van der Waals surface area contributed by atoms with Crippen molar-refractivity contribution in [1.82, 2.24) is 30.8 Å². The van der Waals surface area contributed by atoms with Crippen molar-refractivity contribution in [1.29, 1.82) is 0 Å². The highest BCUT2D eigenvalue weighted by Crippen LogP contribution is 2.40. The van der Waals surface area contributed by atoms with Crippen molar-refractivity contribution in [2.24, 2.45) is 17.8 Å². The van der Waals surface area contributed by atoms with E-state index in [9.17, 15) is 19.8 Å². The number of carboxylic acids is 2. The lowest BCUT2D eigenvalue weighted by molar-refractivity contribution is -0.143. The zero-order valence-corrected chi connectivity index (χ0v) is 16.3. The molecular weight excluding hydrogens is 384 g/mol. The molecule has 0 radical (unpaired) electrons. The summed E-state index contributed by atoms with van der Waals surface area (Å²) in [7, 11) is 0. The fourth-order valence-electron chi connectivity index (χ4n) is 5.10. The van der Waals surface area contributed by atoms with Crippen molar-refractivity contribution >= 4 is 23.7 Å². The second-order valence-electron chi connectivity index (χ2n) is 8.21. The van der Waals surface area contributed by atoms with Crippen LogP contribution in [0.3, 0.4) is 0 Å². The van der Waals surface area contributed by atoms with Gasteiger partial charge in [0.05, 0.1) is 0 Å². The van der Waals surface area contributed by atoms with E-state index in [-0.39, 0.29) is 5.25 Å². The van der Waals surface area contributed by atoms with E-state index < -0.39 is 24.0 Å². The van der Waals surface area contributed by atoms with E-state index in [0.29, 0.717) is 42.3 Å². The molecule has 0 amide bonds. The Morgan fingerprint density at radius 3 is 2.71 bits per heavy atom. The van der Waals surface area contributed by atoms with Crippen LogP contribution >= 0.6 is 11.8 Å². The maximum Gasteiger partial charge on any atom is 0.320 e. The second kappa shape index (κ2) is 8.34. The fourth-order valence-corrected chi connectivity index (χ4v) is 6.13. The Bertz CT molecular complexity index is 704. The van der Waals surface area contributed by atoms with Crippen LogP contribution in [0.4, 0.5) is 0 Å². The Balaban J connectivity index is 1.35. The van der Waals surface area contributed by atoms with E-state index in [1.165, 1.54) is 11.8 Å². The first-order valence-corrected chi connectivity index (χ1v) is 10.7. The summed E-state index contributed by atoms with van der Waals surface area (Å²) in [5.41, 5.74) is 0. The van der Waals surface area contributed by atoms with Crippen LogP contribution in [0.1, 0.15) is 32.1 Å². The van der Waals surface area contributed by atoms with Crippen LogP contribution in [0.5, 0.6) is 0 Å². The molecule has 0 aromatic carbocycles. The number of nitrogens with zero attached hydrogens (tertiary/aromatic N) is 4. The Kier molecular flexibility index (Phi) is 5.83. The molecule has 0 bridgehead atoms. The van der Waals surface area contributed by atoms with Gasteiger partial charge in [0.25, 0.3) is 0 Å². The molecule has 4 N–H and O–H groups in total. The predicted octanol–water partition coefficient (Wildman–Crippen LogP) is 0.298. The highest BCUT2D eigenvalue weighted by molar-refractivity contribution is 7.99. The highest BCUT2D eigenvalue weighted by Gasteiger charge is 2.42. The van der Waals surface area contributed by atoms with Crippen molar-refractivity contribution in [2.75, 3.05) is 19.6 Å². The highest BCUT2D eigenvalue weighted by atomic mass is 32.2. The molecule has 2 aliphatic heterocycles. The molecule has 1 aromatic rings. The Labute approximate surface area is 166 Å². The van der Waals surface area contributed by atoms with Gasteiger partial charge in [-0.25, -0.2) is 0 Å². The van der Waals surface area contributed by atoms with E-state index in [0.717, 1.165) is 32.4 Å². The van der Waals surface area contributed by atoms with Crippen molar-refractivity contribution in [2.45, 2.75) is 54.6 Å². The van der Waals surface area contributed by atoms with E-state index in [1.54, 1.807) is 0 Å². The molecule has 3 aliphatic rings. The third kappa shape index (κ3) is 4.31. The van der Waals surface area contributed by atoms with Crippen molar-refractivity contribution in [3.8, 4) is 0 Å². The number of nitrogens with one attached hydrogen (secondary N) is 2. The van der Waals surface area contributed by atoms with Gasteiger partial charge in [0.1, 0.15) is 12.1 Å². The molecule has 0 spiro atoms. The van der Waals surface area contributed by atoms with E-state index in [2.05, 4.69) is 30.8 Å². The Morgan fingerprint density at radius 1 is 1.14 bits per heavy atom. The standard InChI is InChI=1S/C17H26N6O4S/c24-15(25)13-4-11-3-9(1-2-10(11)6-18-13)7-23-8-12(5-14(23)16(26)27)28-17-19-21-22-20-17/h9-14,18H,1-8H2,(H,24,25)(H,26,27)(H,19,20,21,22)/t9-,10-,11+,12+,13-,14-/m0/s1. The zero-order valence-electron chi connectivity index (χ0n) is 15.5. The lowest BCUT2D eigenvalue weighted by atomic mass is 9.69. The van der Waals surface area contributed by atoms with Gasteiger partial charge in [0, 0.05) is 18.3 Å². The van der Waals surface area contributed by atoms with Crippen LogP contribution < -0.4 is 5.32 Å². The molecule has 6 atom stereocenters. The predicted molar refractivity (Wildman–Crippen MR) is 99.8 cm³/mol. The molecule has 4 rings (SSSR count). The molecule has 3 heterocycles. The number of rotatable bonds is 6. The molecular formula is C17H26N6O4S. The molecule has 1 aromatic heterocycles. The number of thioether (sulfide) groups is 1. The van der Waals surface area contributed by atoms with Gasteiger partial charge in [-0.3, -0.25) is 14.5 Å². The summed E-state index contributed by atoms with van der Waals surface area (Å²) in [6.07, 6.45) is 4.39. The molecule has 154 valence electrons. The second-order valence-corrected chi connectivity index (χ2v) is 9.48. The summed E-state index contributed by atoms with van der Waals surface area (Å²) < 4.78 is 0. The number of aromatic amines is 1. The number of hydrogen-bond donors (Lipinski definition) is 4. The number of hydrogen-bond acceptors (Lipinski definition) is 8. The molecule has 1 saturated carbocycles. The van der Waals surface area contributed by atoms with Crippen LogP contribution in [0.25, 0.3) is 0 Å². The number of piperidine rings is 1. The van der Waals surface area contributed by atoms with Crippen molar-refractivity contribution in [3.05, 3.63) is 0 Å². The van der Waals surface area contributed by atoms with Gasteiger partial charge < -0.3 is 15.5 Å². The number of H-pyrrole nitrogens is 1. The maximum absolute atomic E-state index is 11.8. The van der Waals surface area contributed by atoms with Gasteiger partial charge in [-0.2, -0.15) is 5.21 Å². The van der Waals surface area contributed by atoms with E-state index in [4.69, 9.17) is 0 Å². The van der Waals surface area contributed by atoms with Crippen LogP contribution in [-0.2, 0) is 9.59 Å². The minimum atomic E-state index is -0.780. The smallest absolute Gasteiger partial charge is 0.320 e. The summed E-state index contributed by atoms with van der Waals surface area (Å²) in [6, 6.07) is -0.934. The summed E-state index contributed by atoms with van der Waals surface area (Å²) in [4.78, 5) is 25.2. The number of fused-ring (bicyclic) bond motifs is 1. The van der Waals surface area contributed by atoms with Gasteiger partial charge in [-0.1, -0.05) is 11.8 Å². The van der Waals surface area contributed by atoms with Crippen LogP contribution in [0.2, 0.25) is 0 Å². The van der Waals surface area contributed by atoms with Crippen LogP contribution in [-0.4, -0.2) is 84.6 Å². The third-order valence-corrected chi connectivity index (χ3v) is 7.51. The van der Waals surface area contributed by atoms with Gasteiger partial charge in [0.2, 0.25) is 5.16 Å². The molecule has 1 aliphatic carbocycles. The van der Waals surface area contributed by atoms with Crippen LogP contribution in [0.15, 0.2) is 5.16 Å². The number of likely N-dealkylation sites (tertiary alicyclic amines) is 1. The van der Waals surface area contributed by atoms with Gasteiger partial charge >= 0.3 is 11.9 Å². The molecule has 28 heavy (non-hydrogen) atoms. The number of tetrazole rings is 1. The number of aromatic nitrogens is 4. The summed E-state index contributed by atoms with van der Waals surface area (Å²) in [5.74, 6) is -0.173. The summed E-state index contributed by atoms with van der Waals surface area (Å²) in [6.45, 7) is 2.23. The third-order valence-electron chi connectivity index (χ3n) is 6.45. The quantitative estimate of drug-likeness (QED) is 0.516. The fraction of sp³-hybridized carbons (Fsp3) is 0.824. The average molecular weight is 411 g/mol.